The number of rotatable bonds is 18. The number of esters is 1. The molecule has 1 unspecified atom stereocenters. The number of unbranched alkanes of at least 4 members (excludes halogenated alkanes) is 7. The number of benzene rings is 2. The van der Waals surface area contributed by atoms with Crippen molar-refractivity contribution in [3.8, 4) is 5.75 Å². The molecule has 4 nitrogen and oxygen atoms in total. The normalized spacial score (nSPS) is 12.3. The van der Waals surface area contributed by atoms with Crippen molar-refractivity contribution < 1.29 is 18.8 Å². The maximum absolute atomic E-state index is 13.1. The van der Waals surface area contributed by atoms with Crippen LogP contribution in [0.25, 0.3) is 0 Å². The molecular formula is C31H48NO3+. The molecule has 0 spiro atoms. The fourth-order valence-electron chi connectivity index (χ4n) is 4.74. The summed E-state index contributed by atoms with van der Waals surface area (Å²) in [6.07, 6.45) is 13.2. The van der Waals surface area contributed by atoms with Gasteiger partial charge >= 0.3 is 5.97 Å². The third-order valence-corrected chi connectivity index (χ3v) is 6.80. The van der Waals surface area contributed by atoms with Crippen LogP contribution in [0.2, 0.25) is 0 Å². The van der Waals surface area contributed by atoms with Gasteiger partial charge in [0.1, 0.15) is 12.3 Å². The van der Waals surface area contributed by atoms with Crippen molar-refractivity contribution >= 4 is 5.97 Å². The van der Waals surface area contributed by atoms with Gasteiger partial charge in [0.15, 0.2) is 6.04 Å². The molecule has 4 heteroatoms. The van der Waals surface area contributed by atoms with Crippen molar-refractivity contribution in [1.82, 2.24) is 0 Å². The first-order chi connectivity index (χ1) is 17.0. The molecule has 2 aromatic rings. The van der Waals surface area contributed by atoms with Crippen molar-refractivity contribution in [2.24, 2.45) is 0 Å². The van der Waals surface area contributed by atoms with Crippen LogP contribution in [-0.2, 0) is 22.5 Å². The first-order valence-corrected chi connectivity index (χ1v) is 13.7. The molecular weight excluding hydrogens is 434 g/mol. The van der Waals surface area contributed by atoms with Gasteiger partial charge in [-0.25, -0.2) is 4.79 Å². The first kappa shape index (κ1) is 28.9. The maximum atomic E-state index is 13.1. The SMILES string of the molecule is CCCCCCCCCCc1ccccc1OCOC(=O)C(CCC)[N+](C)(C)Cc1ccccc1. The summed E-state index contributed by atoms with van der Waals surface area (Å²) in [7, 11) is 4.21. The van der Waals surface area contributed by atoms with E-state index in [9.17, 15) is 4.79 Å². The predicted molar refractivity (Wildman–Crippen MR) is 145 cm³/mol. The van der Waals surface area contributed by atoms with Crippen molar-refractivity contribution in [3.63, 3.8) is 0 Å². The highest BCUT2D eigenvalue weighted by molar-refractivity contribution is 5.74. The van der Waals surface area contributed by atoms with Crippen LogP contribution < -0.4 is 4.74 Å². The Morgan fingerprint density at radius 3 is 2.11 bits per heavy atom. The number of hydrogen-bond acceptors (Lipinski definition) is 3. The Morgan fingerprint density at radius 1 is 0.800 bits per heavy atom. The van der Waals surface area contributed by atoms with Crippen LogP contribution in [0, 0.1) is 0 Å². The maximum Gasteiger partial charge on any atom is 0.367 e. The van der Waals surface area contributed by atoms with Crippen LogP contribution in [0.15, 0.2) is 54.6 Å². The standard InChI is InChI=1S/C31H48NO3/c1-5-7-8-9-10-11-12-16-22-28-23-17-18-24-30(28)34-26-35-31(33)29(19-6-2)32(3,4)25-27-20-14-13-15-21-27/h13-15,17-18,20-21,23-24,29H,5-12,16,19,22,25-26H2,1-4H3/q+1. The fraction of sp³-hybridized carbons (Fsp3) is 0.581. The molecule has 0 aromatic heterocycles. The predicted octanol–water partition coefficient (Wildman–Crippen LogP) is 7.69. The van der Waals surface area contributed by atoms with Crippen molar-refractivity contribution in [3.05, 3.63) is 65.7 Å². The van der Waals surface area contributed by atoms with E-state index in [1.807, 2.05) is 30.3 Å². The van der Waals surface area contributed by atoms with Gasteiger partial charge < -0.3 is 14.0 Å². The molecule has 0 N–H and O–H groups in total. The van der Waals surface area contributed by atoms with Gasteiger partial charge in [0.25, 0.3) is 0 Å². The Balaban J connectivity index is 1.82. The molecule has 2 rings (SSSR count). The van der Waals surface area contributed by atoms with Crippen LogP contribution in [0.4, 0.5) is 0 Å². The van der Waals surface area contributed by atoms with Gasteiger partial charge in [-0.3, -0.25) is 0 Å². The van der Waals surface area contributed by atoms with E-state index in [1.54, 1.807) is 0 Å². The summed E-state index contributed by atoms with van der Waals surface area (Å²) in [5, 5.41) is 0. The van der Waals surface area contributed by atoms with E-state index < -0.39 is 0 Å². The minimum absolute atomic E-state index is 0.0428. The largest absolute Gasteiger partial charge is 0.457 e. The monoisotopic (exact) mass is 482 g/mol. The van der Waals surface area contributed by atoms with E-state index in [0.717, 1.165) is 38.0 Å². The van der Waals surface area contributed by atoms with Crippen LogP contribution >= 0.6 is 0 Å². The smallest absolute Gasteiger partial charge is 0.367 e. The second-order valence-electron chi connectivity index (χ2n) is 10.3. The lowest BCUT2D eigenvalue weighted by Crippen LogP contribution is -2.53. The van der Waals surface area contributed by atoms with E-state index in [-0.39, 0.29) is 18.8 Å². The molecule has 0 heterocycles. The van der Waals surface area contributed by atoms with Crippen molar-refractivity contribution in [2.75, 3.05) is 20.9 Å². The number of para-hydroxylation sites is 1. The van der Waals surface area contributed by atoms with E-state index in [1.165, 1.54) is 56.1 Å². The summed E-state index contributed by atoms with van der Waals surface area (Å²) in [4.78, 5) is 13.1. The highest BCUT2D eigenvalue weighted by Crippen LogP contribution is 2.22. The summed E-state index contributed by atoms with van der Waals surface area (Å²) in [5.74, 6) is 0.640. The summed E-state index contributed by atoms with van der Waals surface area (Å²) in [5.41, 5.74) is 2.41. The van der Waals surface area contributed by atoms with E-state index >= 15 is 0 Å². The number of carbonyl (C=O) groups excluding carboxylic acids is 1. The molecule has 0 amide bonds. The average Bonchev–Trinajstić information content (AvgIpc) is 2.85. The molecule has 35 heavy (non-hydrogen) atoms. The number of nitrogens with zero attached hydrogens (tertiary/aromatic N) is 1. The molecule has 0 saturated carbocycles. The molecule has 0 aliphatic carbocycles. The quantitative estimate of drug-likeness (QED) is 0.0945. The molecule has 0 fully saturated rings. The van der Waals surface area contributed by atoms with Crippen LogP contribution in [0.5, 0.6) is 5.75 Å². The Kier molecular flexibility index (Phi) is 13.5. The number of ether oxygens (including phenoxy) is 2. The minimum Gasteiger partial charge on any atom is -0.457 e. The molecule has 0 aliphatic heterocycles. The zero-order valence-corrected chi connectivity index (χ0v) is 22.6. The summed E-state index contributed by atoms with van der Waals surface area (Å²) < 4.78 is 12.2. The third kappa shape index (κ3) is 10.9. The van der Waals surface area contributed by atoms with Gasteiger partial charge in [0.05, 0.1) is 14.1 Å². The number of quaternary nitrogens is 1. The van der Waals surface area contributed by atoms with Gasteiger partial charge in [0.2, 0.25) is 6.79 Å². The Bertz CT molecular complexity index is 834. The first-order valence-electron chi connectivity index (χ1n) is 13.7. The molecule has 194 valence electrons. The van der Waals surface area contributed by atoms with Crippen molar-refractivity contribution in [2.45, 2.75) is 97.1 Å². The number of likely N-dealkylation sites (N-methyl/N-ethyl adjacent to an activating group) is 1. The van der Waals surface area contributed by atoms with Gasteiger partial charge in [-0.1, -0.05) is 107 Å². The Labute approximate surface area is 214 Å². The Hall–Kier alpha value is -2.33. The zero-order chi connectivity index (χ0) is 25.4. The number of aryl methyl sites for hydroxylation is 1. The topological polar surface area (TPSA) is 35.5 Å². The van der Waals surface area contributed by atoms with Gasteiger partial charge in [-0.2, -0.15) is 0 Å². The molecule has 0 aliphatic rings. The zero-order valence-electron chi connectivity index (χ0n) is 22.6. The molecule has 0 radical (unpaired) electrons. The second-order valence-corrected chi connectivity index (χ2v) is 10.3. The summed E-state index contributed by atoms with van der Waals surface area (Å²) in [6.45, 7) is 5.11. The van der Waals surface area contributed by atoms with E-state index in [4.69, 9.17) is 9.47 Å². The van der Waals surface area contributed by atoms with Crippen LogP contribution in [-0.4, -0.2) is 37.4 Å². The molecule has 0 bridgehead atoms. The highest BCUT2D eigenvalue weighted by Gasteiger charge is 2.35. The lowest BCUT2D eigenvalue weighted by atomic mass is 10.0. The van der Waals surface area contributed by atoms with Gasteiger partial charge in [0, 0.05) is 12.0 Å². The number of hydrogen-bond donors (Lipinski definition) is 0. The highest BCUT2D eigenvalue weighted by atomic mass is 16.7. The lowest BCUT2D eigenvalue weighted by Gasteiger charge is -2.36. The molecule has 2 aromatic carbocycles. The molecule has 0 saturated heterocycles. The number of carbonyl (C=O) groups is 1. The fourth-order valence-corrected chi connectivity index (χ4v) is 4.74. The van der Waals surface area contributed by atoms with E-state index in [0.29, 0.717) is 4.48 Å². The van der Waals surface area contributed by atoms with Crippen molar-refractivity contribution in [1.29, 1.82) is 0 Å². The van der Waals surface area contributed by atoms with Crippen LogP contribution in [0.3, 0.4) is 0 Å². The average molecular weight is 483 g/mol. The second kappa shape index (κ2) is 16.4. The van der Waals surface area contributed by atoms with Gasteiger partial charge in [-0.05, 0) is 30.9 Å². The minimum atomic E-state index is -0.226. The summed E-state index contributed by atoms with van der Waals surface area (Å²) in [6, 6.07) is 18.2. The molecule has 1 atom stereocenters. The van der Waals surface area contributed by atoms with Crippen LogP contribution in [0.1, 0.15) is 89.2 Å². The summed E-state index contributed by atoms with van der Waals surface area (Å²) >= 11 is 0. The van der Waals surface area contributed by atoms with Gasteiger partial charge in [-0.15, -0.1) is 0 Å². The van der Waals surface area contributed by atoms with E-state index in [2.05, 4.69) is 52.2 Å². The lowest BCUT2D eigenvalue weighted by molar-refractivity contribution is -0.920. The Morgan fingerprint density at radius 2 is 1.43 bits per heavy atom. The third-order valence-electron chi connectivity index (χ3n) is 6.80.